The predicted octanol–water partition coefficient (Wildman–Crippen LogP) is 3.16. The lowest BCUT2D eigenvalue weighted by Crippen LogP contribution is -2.53. The summed E-state index contributed by atoms with van der Waals surface area (Å²) < 4.78 is 5.41. The van der Waals surface area contributed by atoms with Gasteiger partial charge in [0.1, 0.15) is 5.69 Å². The number of anilines is 1. The summed E-state index contributed by atoms with van der Waals surface area (Å²) in [6.45, 7) is 5.54. The molecule has 0 spiro atoms. The Kier molecular flexibility index (Phi) is 5.55. The summed E-state index contributed by atoms with van der Waals surface area (Å²) in [6.07, 6.45) is 3.82. The summed E-state index contributed by atoms with van der Waals surface area (Å²) in [5.41, 5.74) is 7.18. The van der Waals surface area contributed by atoms with Gasteiger partial charge in [-0.15, -0.1) is 0 Å². The van der Waals surface area contributed by atoms with E-state index in [-0.39, 0.29) is 0 Å². The monoisotopic (exact) mass is 429 g/mol. The lowest BCUT2D eigenvalue weighted by Gasteiger charge is -2.40. The van der Waals surface area contributed by atoms with E-state index in [9.17, 15) is 0 Å². The van der Waals surface area contributed by atoms with E-state index in [4.69, 9.17) is 9.72 Å². The Morgan fingerprint density at radius 1 is 1.09 bits per heavy atom. The number of rotatable bonds is 5. The zero-order chi connectivity index (χ0) is 22.1. The van der Waals surface area contributed by atoms with E-state index in [1.165, 1.54) is 0 Å². The number of aryl methyl sites for hydroxylation is 1. The number of likely N-dealkylation sites (N-methyl/N-ethyl adjacent to an activating group) is 1. The molecule has 4 aromatic heterocycles. The Bertz CT molecular complexity index is 1240. The van der Waals surface area contributed by atoms with Gasteiger partial charge in [0.15, 0.2) is 0 Å². The summed E-state index contributed by atoms with van der Waals surface area (Å²) in [5.74, 6) is 0. The molecule has 8 heteroatoms. The third-order valence-corrected chi connectivity index (χ3v) is 6.07. The van der Waals surface area contributed by atoms with Gasteiger partial charge in [0.2, 0.25) is 0 Å². The summed E-state index contributed by atoms with van der Waals surface area (Å²) >= 11 is 0. The van der Waals surface area contributed by atoms with Crippen molar-refractivity contribution in [2.24, 2.45) is 0 Å². The van der Waals surface area contributed by atoms with E-state index in [1.807, 2.05) is 49.6 Å². The fraction of sp³-hybridized carbons (Fsp3) is 0.333. The van der Waals surface area contributed by atoms with Gasteiger partial charge in [-0.3, -0.25) is 20.0 Å². The van der Waals surface area contributed by atoms with Gasteiger partial charge in [0.05, 0.1) is 47.0 Å². The van der Waals surface area contributed by atoms with Crippen LogP contribution in [0.4, 0.5) is 5.69 Å². The minimum atomic E-state index is 0.360. The highest BCUT2D eigenvalue weighted by molar-refractivity contribution is 5.84. The van der Waals surface area contributed by atoms with Crippen LogP contribution in [0.3, 0.4) is 0 Å². The van der Waals surface area contributed by atoms with Crippen LogP contribution in [0.15, 0.2) is 48.8 Å². The van der Waals surface area contributed by atoms with Crippen molar-refractivity contribution in [2.75, 3.05) is 45.3 Å². The molecule has 1 aliphatic rings. The molecule has 0 saturated carbocycles. The van der Waals surface area contributed by atoms with Crippen LogP contribution in [0, 0.1) is 6.92 Å². The van der Waals surface area contributed by atoms with Crippen molar-refractivity contribution in [1.82, 2.24) is 30.0 Å². The van der Waals surface area contributed by atoms with Crippen molar-refractivity contribution >= 4 is 16.7 Å². The van der Waals surface area contributed by atoms with Gasteiger partial charge in [-0.2, -0.15) is 5.10 Å². The second-order valence-electron chi connectivity index (χ2n) is 8.28. The number of ether oxygens (including phenoxy) is 1. The largest absolute Gasteiger partial charge is 0.383 e. The Morgan fingerprint density at radius 2 is 2.00 bits per heavy atom. The number of piperazine rings is 1. The first-order valence-electron chi connectivity index (χ1n) is 10.8. The topological polar surface area (TPSA) is 83.1 Å². The molecule has 8 nitrogen and oxygen atoms in total. The van der Waals surface area contributed by atoms with Crippen molar-refractivity contribution in [3.05, 3.63) is 54.5 Å². The van der Waals surface area contributed by atoms with Crippen molar-refractivity contribution in [2.45, 2.75) is 13.0 Å². The lowest BCUT2D eigenvalue weighted by atomic mass is 10.1. The van der Waals surface area contributed by atoms with Crippen molar-refractivity contribution in [1.29, 1.82) is 0 Å². The van der Waals surface area contributed by atoms with Gasteiger partial charge in [-0.1, -0.05) is 6.07 Å². The molecule has 1 N–H and O–H groups in total. The van der Waals surface area contributed by atoms with Crippen LogP contribution in [0.5, 0.6) is 0 Å². The van der Waals surface area contributed by atoms with E-state index in [0.717, 1.165) is 64.7 Å². The molecule has 0 aromatic carbocycles. The number of pyridine rings is 3. The average Bonchev–Trinajstić information content (AvgIpc) is 3.30. The maximum absolute atomic E-state index is 5.41. The van der Waals surface area contributed by atoms with Gasteiger partial charge in [0, 0.05) is 44.2 Å². The first kappa shape index (κ1) is 20.5. The molecule has 0 unspecified atom stereocenters. The predicted molar refractivity (Wildman–Crippen MR) is 126 cm³/mol. The second-order valence-corrected chi connectivity index (χ2v) is 8.28. The van der Waals surface area contributed by atoms with Crippen LogP contribution in [0.1, 0.15) is 5.69 Å². The summed E-state index contributed by atoms with van der Waals surface area (Å²) in [6, 6.07) is 12.4. The van der Waals surface area contributed by atoms with Crippen molar-refractivity contribution < 1.29 is 4.74 Å². The van der Waals surface area contributed by atoms with Crippen LogP contribution < -0.4 is 4.90 Å². The lowest BCUT2D eigenvalue weighted by molar-refractivity contribution is 0.0987. The van der Waals surface area contributed by atoms with Crippen molar-refractivity contribution in [3.63, 3.8) is 0 Å². The molecule has 4 aromatic rings. The molecule has 1 atom stereocenters. The molecule has 0 bridgehead atoms. The van der Waals surface area contributed by atoms with Crippen LogP contribution in [-0.2, 0) is 4.74 Å². The third-order valence-electron chi connectivity index (χ3n) is 6.07. The van der Waals surface area contributed by atoms with Gasteiger partial charge in [0.25, 0.3) is 0 Å². The fourth-order valence-corrected chi connectivity index (χ4v) is 4.23. The zero-order valence-electron chi connectivity index (χ0n) is 18.6. The Morgan fingerprint density at radius 3 is 2.84 bits per heavy atom. The Labute approximate surface area is 187 Å². The highest BCUT2D eigenvalue weighted by Crippen LogP contribution is 2.30. The first-order chi connectivity index (χ1) is 15.6. The number of hydrogen-bond acceptors (Lipinski definition) is 7. The number of nitrogens with one attached hydrogen (secondary N) is 1. The average molecular weight is 430 g/mol. The number of H-pyrrole nitrogens is 1. The molecule has 5 rings (SSSR count). The number of hydrogen-bond donors (Lipinski definition) is 1. The molecule has 1 saturated heterocycles. The van der Waals surface area contributed by atoms with Gasteiger partial charge in [-0.25, -0.2) is 4.98 Å². The quantitative estimate of drug-likeness (QED) is 0.522. The summed E-state index contributed by atoms with van der Waals surface area (Å²) in [4.78, 5) is 19.0. The van der Waals surface area contributed by atoms with Crippen LogP contribution in [0.25, 0.3) is 33.7 Å². The number of aromatic amines is 1. The molecular formula is C24H27N7O. The minimum absolute atomic E-state index is 0.360. The van der Waals surface area contributed by atoms with E-state index in [2.05, 4.69) is 43.1 Å². The molecule has 164 valence electrons. The summed E-state index contributed by atoms with van der Waals surface area (Å²) in [5, 5.41) is 7.42. The van der Waals surface area contributed by atoms with Gasteiger partial charge >= 0.3 is 0 Å². The number of nitrogens with zero attached hydrogens (tertiary/aromatic N) is 6. The summed E-state index contributed by atoms with van der Waals surface area (Å²) in [7, 11) is 3.91. The molecule has 1 fully saturated rings. The molecule has 0 aliphatic carbocycles. The van der Waals surface area contributed by atoms with E-state index in [1.54, 1.807) is 7.11 Å². The van der Waals surface area contributed by atoms with E-state index >= 15 is 0 Å². The molecule has 32 heavy (non-hydrogen) atoms. The minimum Gasteiger partial charge on any atom is -0.383 e. The van der Waals surface area contributed by atoms with Crippen molar-refractivity contribution in [3.8, 4) is 22.6 Å². The Hall–Kier alpha value is -3.36. The molecule has 5 heterocycles. The van der Waals surface area contributed by atoms with Crippen LogP contribution in [0.2, 0.25) is 0 Å². The highest BCUT2D eigenvalue weighted by Gasteiger charge is 2.25. The normalized spacial score (nSPS) is 17.2. The van der Waals surface area contributed by atoms with Crippen LogP contribution in [-0.4, -0.2) is 76.5 Å². The second kappa shape index (κ2) is 8.64. The van der Waals surface area contributed by atoms with E-state index < -0.39 is 0 Å². The standard InChI is InChI=1S/C24H27N7O/c1-16-5-4-6-22(27-16)24-19(13-26-29-24)20-7-8-21-23(28-20)11-17(12-25-21)31-10-9-30(2)18(14-31)15-32-3/h4-8,11-13,18H,9-10,14-15H2,1-3H3,(H,26,29)/t18-/m1/s1. The zero-order valence-corrected chi connectivity index (χ0v) is 18.6. The van der Waals surface area contributed by atoms with E-state index in [0.29, 0.717) is 12.6 Å². The van der Waals surface area contributed by atoms with Gasteiger partial charge in [-0.05, 0) is 44.3 Å². The van der Waals surface area contributed by atoms with Gasteiger partial charge < -0.3 is 9.64 Å². The fourth-order valence-electron chi connectivity index (χ4n) is 4.23. The maximum Gasteiger partial charge on any atom is 0.120 e. The number of aromatic nitrogens is 5. The number of fused-ring (bicyclic) bond motifs is 1. The molecule has 0 radical (unpaired) electrons. The SMILES string of the molecule is COC[C@H]1CN(c2cnc3ccc(-c4c[nH]nc4-c4cccc(C)n4)nc3c2)CCN1C. The Balaban J connectivity index is 1.48. The molecular weight excluding hydrogens is 402 g/mol. The first-order valence-corrected chi connectivity index (χ1v) is 10.8. The highest BCUT2D eigenvalue weighted by atomic mass is 16.5. The third kappa shape index (κ3) is 3.94. The molecule has 1 aliphatic heterocycles. The maximum atomic E-state index is 5.41. The number of methoxy groups -OCH3 is 1. The van der Waals surface area contributed by atoms with Crippen LogP contribution >= 0.6 is 0 Å². The molecule has 0 amide bonds. The smallest absolute Gasteiger partial charge is 0.120 e.